The summed E-state index contributed by atoms with van der Waals surface area (Å²) in [7, 11) is 0. The molecular formula is C21H25N3O2S2. The van der Waals surface area contributed by atoms with Crippen LogP contribution in [0.15, 0.2) is 57.0 Å². The van der Waals surface area contributed by atoms with Gasteiger partial charge in [0.25, 0.3) is 0 Å². The lowest BCUT2D eigenvalue weighted by Crippen LogP contribution is -2.11. The molecule has 148 valence electrons. The SMILES string of the molecule is C=C1C=CC(CCC(=O)Nc2ncc(SCc3ncc(C(C)(C)C)o3)s2)=CC1. The maximum absolute atomic E-state index is 12.2. The Morgan fingerprint density at radius 3 is 2.82 bits per heavy atom. The molecule has 1 aliphatic rings. The van der Waals surface area contributed by atoms with Gasteiger partial charge in [-0.25, -0.2) is 9.97 Å². The van der Waals surface area contributed by atoms with Gasteiger partial charge < -0.3 is 9.73 Å². The van der Waals surface area contributed by atoms with Crippen LogP contribution in [-0.2, 0) is 16.0 Å². The van der Waals surface area contributed by atoms with Crippen molar-refractivity contribution in [3.63, 3.8) is 0 Å². The van der Waals surface area contributed by atoms with Crippen molar-refractivity contribution in [2.75, 3.05) is 5.32 Å². The van der Waals surface area contributed by atoms with E-state index in [0.717, 1.165) is 28.4 Å². The summed E-state index contributed by atoms with van der Waals surface area (Å²) in [5.41, 5.74) is 2.23. The fourth-order valence-corrected chi connectivity index (χ4v) is 4.23. The summed E-state index contributed by atoms with van der Waals surface area (Å²) in [4.78, 5) is 20.8. The van der Waals surface area contributed by atoms with Crippen LogP contribution in [-0.4, -0.2) is 15.9 Å². The van der Waals surface area contributed by atoms with Crippen LogP contribution in [0.3, 0.4) is 0 Å². The average Bonchev–Trinajstić information content (AvgIpc) is 3.28. The lowest BCUT2D eigenvalue weighted by atomic mass is 9.94. The number of allylic oxidation sites excluding steroid dienone is 5. The standard InChI is InChI=1S/C21H25N3O2S2/c1-14-5-7-15(8-6-14)9-10-17(25)24-20-23-12-19(28-20)27-13-18-22-11-16(26-18)21(2,3)4/h5,7-8,11-12H,1,6,9-10,13H2,2-4H3,(H,23,24,25). The first-order chi connectivity index (χ1) is 13.3. The molecule has 2 heterocycles. The number of oxazole rings is 1. The quantitative estimate of drug-likeness (QED) is 0.572. The summed E-state index contributed by atoms with van der Waals surface area (Å²) in [6.45, 7) is 10.2. The number of nitrogens with zero attached hydrogens (tertiary/aromatic N) is 2. The largest absolute Gasteiger partial charge is 0.444 e. The first kappa shape index (κ1) is 20.6. The van der Waals surface area contributed by atoms with Crippen molar-refractivity contribution in [3.8, 4) is 0 Å². The first-order valence-electron chi connectivity index (χ1n) is 9.18. The van der Waals surface area contributed by atoms with Gasteiger partial charge in [0.1, 0.15) is 5.76 Å². The predicted molar refractivity (Wildman–Crippen MR) is 116 cm³/mol. The third-order valence-corrected chi connectivity index (χ3v) is 6.25. The molecule has 1 aliphatic carbocycles. The minimum Gasteiger partial charge on any atom is -0.444 e. The Bertz CT molecular complexity index is 916. The van der Waals surface area contributed by atoms with Crippen LogP contribution < -0.4 is 5.32 Å². The van der Waals surface area contributed by atoms with Crippen LogP contribution in [0.5, 0.6) is 0 Å². The number of carbonyl (C=O) groups excluding carboxylic acids is 1. The van der Waals surface area contributed by atoms with E-state index in [1.54, 1.807) is 24.2 Å². The van der Waals surface area contributed by atoms with Crippen LogP contribution in [0.2, 0.25) is 0 Å². The van der Waals surface area contributed by atoms with E-state index in [1.807, 2.05) is 12.2 Å². The lowest BCUT2D eigenvalue weighted by molar-refractivity contribution is -0.116. The van der Waals surface area contributed by atoms with Gasteiger partial charge in [0, 0.05) is 11.8 Å². The van der Waals surface area contributed by atoms with Crippen LogP contribution in [0, 0.1) is 0 Å². The Balaban J connectivity index is 1.45. The van der Waals surface area contributed by atoms with Gasteiger partial charge in [-0.3, -0.25) is 4.79 Å². The number of hydrogen-bond donors (Lipinski definition) is 1. The van der Waals surface area contributed by atoms with Crippen molar-refractivity contribution in [2.24, 2.45) is 0 Å². The van der Waals surface area contributed by atoms with Gasteiger partial charge >= 0.3 is 0 Å². The summed E-state index contributed by atoms with van der Waals surface area (Å²) >= 11 is 3.07. The molecule has 2 aromatic rings. The zero-order valence-corrected chi connectivity index (χ0v) is 18.1. The molecule has 2 aromatic heterocycles. The van der Waals surface area contributed by atoms with Crippen LogP contribution in [0.4, 0.5) is 5.13 Å². The monoisotopic (exact) mass is 415 g/mol. The molecule has 7 heteroatoms. The zero-order chi connectivity index (χ0) is 20.1. The van der Waals surface area contributed by atoms with E-state index in [9.17, 15) is 4.79 Å². The maximum Gasteiger partial charge on any atom is 0.226 e. The second kappa shape index (κ2) is 8.92. The molecule has 0 aliphatic heterocycles. The van der Waals surface area contributed by atoms with Crippen LogP contribution in [0.25, 0.3) is 0 Å². The number of thioether (sulfide) groups is 1. The minimum atomic E-state index is -0.0463. The van der Waals surface area contributed by atoms with E-state index in [2.05, 4.69) is 48.7 Å². The van der Waals surface area contributed by atoms with Crippen LogP contribution in [0.1, 0.15) is 51.7 Å². The molecule has 0 bridgehead atoms. The summed E-state index contributed by atoms with van der Waals surface area (Å²) in [6, 6.07) is 0. The highest BCUT2D eigenvalue weighted by molar-refractivity contribution is 8.00. The molecule has 0 unspecified atom stereocenters. The van der Waals surface area contributed by atoms with Crippen molar-refractivity contribution in [1.29, 1.82) is 0 Å². The molecule has 0 saturated carbocycles. The highest BCUT2D eigenvalue weighted by Gasteiger charge is 2.19. The number of anilines is 1. The van der Waals surface area contributed by atoms with Crippen LogP contribution >= 0.6 is 23.1 Å². The van der Waals surface area contributed by atoms with Gasteiger partial charge in [-0.1, -0.05) is 68.1 Å². The second-order valence-corrected chi connectivity index (χ2v) is 9.97. The van der Waals surface area contributed by atoms with Gasteiger partial charge in [0.05, 0.1) is 22.4 Å². The van der Waals surface area contributed by atoms with Crippen molar-refractivity contribution >= 4 is 34.1 Å². The van der Waals surface area contributed by atoms with Gasteiger partial charge in [0.15, 0.2) is 5.13 Å². The summed E-state index contributed by atoms with van der Waals surface area (Å²) < 4.78 is 6.82. The highest BCUT2D eigenvalue weighted by Crippen LogP contribution is 2.32. The molecule has 0 atom stereocenters. The predicted octanol–water partition coefficient (Wildman–Crippen LogP) is 5.88. The number of nitrogens with one attached hydrogen (secondary N) is 1. The third-order valence-electron chi connectivity index (χ3n) is 4.16. The number of aromatic nitrogens is 2. The molecule has 0 spiro atoms. The highest BCUT2D eigenvalue weighted by atomic mass is 32.2. The Morgan fingerprint density at radius 2 is 2.14 bits per heavy atom. The molecule has 0 radical (unpaired) electrons. The number of amides is 1. The molecule has 3 rings (SSSR count). The van der Waals surface area contributed by atoms with Gasteiger partial charge in [0.2, 0.25) is 11.8 Å². The average molecular weight is 416 g/mol. The molecule has 1 N–H and O–H groups in total. The zero-order valence-electron chi connectivity index (χ0n) is 16.4. The van der Waals surface area contributed by atoms with Gasteiger partial charge in [-0.2, -0.15) is 0 Å². The number of thiazole rings is 1. The van der Waals surface area contributed by atoms with E-state index in [-0.39, 0.29) is 11.3 Å². The Kier molecular flexibility index (Phi) is 6.57. The summed E-state index contributed by atoms with van der Waals surface area (Å²) in [5.74, 6) is 2.20. The third kappa shape index (κ3) is 5.94. The molecule has 0 saturated heterocycles. The fraction of sp³-hybridized carbons (Fsp3) is 0.381. The second-order valence-electron chi connectivity index (χ2n) is 7.66. The Labute approximate surface area is 174 Å². The van der Waals surface area contributed by atoms with Crippen molar-refractivity contribution in [1.82, 2.24) is 9.97 Å². The smallest absolute Gasteiger partial charge is 0.226 e. The Morgan fingerprint density at radius 1 is 1.32 bits per heavy atom. The molecular weight excluding hydrogens is 390 g/mol. The Hall–Kier alpha value is -2.12. The number of rotatable bonds is 7. The van der Waals surface area contributed by atoms with Gasteiger partial charge in [-0.05, 0) is 12.8 Å². The van der Waals surface area contributed by atoms with Crippen molar-refractivity contribution < 1.29 is 9.21 Å². The lowest BCUT2D eigenvalue weighted by Gasteiger charge is -2.12. The fourth-order valence-electron chi connectivity index (χ4n) is 2.49. The van der Waals surface area contributed by atoms with Crippen molar-refractivity contribution in [3.05, 3.63) is 60.0 Å². The van der Waals surface area contributed by atoms with Crippen molar-refractivity contribution in [2.45, 2.75) is 55.4 Å². The van der Waals surface area contributed by atoms with E-state index in [1.165, 1.54) is 16.9 Å². The van der Waals surface area contributed by atoms with E-state index in [4.69, 9.17) is 4.42 Å². The summed E-state index contributed by atoms with van der Waals surface area (Å²) in [6.07, 6.45) is 11.8. The maximum atomic E-state index is 12.2. The molecule has 5 nitrogen and oxygen atoms in total. The van der Waals surface area contributed by atoms with E-state index < -0.39 is 0 Å². The molecule has 0 aromatic carbocycles. The van der Waals surface area contributed by atoms with Gasteiger partial charge in [-0.15, -0.1) is 11.8 Å². The normalized spacial score (nSPS) is 14.2. The van der Waals surface area contributed by atoms with E-state index in [0.29, 0.717) is 23.2 Å². The molecule has 1 amide bonds. The van der Waals surface area contributed by atoms with E-state index >= 15 is 0 Å². The first-order valence-corrected chi connectivity index (χ1v) is 11.0. The summed E-state index contributed by atoms with van der Waals surface area (Å²) in [5, 5.41) is 3.50. The topological polar surface area (TPSA) is 68.0 Å². The minimum absolute atomic E-state index is 0.0212. The molecule has 0 fully saturated rings. The number of hydrogen-bond acceptors (Lipinski definition) is 6. The molecule has 28 heavy (non-hydrogen) atoms. The number of carbonyl (C=O) groups is 1.